The maximum Gasteiger partial charge on any atom is 0.270 e. The lowest BCUT2D eigenvalue weighted by Crippen LogP contribution is -2.60. The van der Waals surface area contributed by atoms with E-state index in [4.69, 9.17) is 4.74 Å². The molecule has 2 aliphatic heterocycles. The molecule has 196 valence electrons. The molecule has 3 amide bonds. The number of likely N-dealkylation sites (tertiary alicyclic amines) is 1. The predicted octanol–water partition coefficient (Wildman–Crippen LogP) is 3.12. The van der Waals surface area contributed by atoms with E-state index in [9.17, 15) is 28.9 Å². The Labute approximate surface area is 213 Å². The van der Waals surface area contributed by atoms with Crippen molar-refractivity contribution in [3.63, 3.8) is 0 Å². The molecule has 2 saturated heterocycles. The number of nitrogens with one attached hydrogen (secondary N) is 1. The topological polar surface area (TPSA) is 122 Å². The Morgan fingerprint density at radius 2 is 1.81 bits per heavy atom. The maximum atomic E-state index is 13.6. The minimum Gasteiger partial charge on any atom is -0.353 e. The third-order valence-electron chi connectivity index (χ3n) is 7.01. The van der Waals surface area contributed by atoms with Crippen molar-refractivity contribution in [3.05, 3.63) is 75.6 Å². The number of nitrogens with zero attached hydrogens (tertiary/aromatic N) is 3. The fourth-order valence-corrected chi connectivity index (χ4v) is 4.73. The molecule has 0 bridgehead atoms. The molecule has 2 fully saturated rings. The normalized spacial score (nSPS) is 19.5. The summed E-state index contributed by atoms with van der Waals surface area (Å²) in [6, 6.07) is 9.66. The van der Waals surface area contributed by atoms with Crippen molar-refractivity contribution in [2.24, 2.45) is 0 Å². The Bertz CT molecular complexity index is 1200. The summed E-state index contributed by atoms with van der Waals surface area (Å²) in [4.78, 5) is 53.4. The van der Waals surface area contributed by atoms with Gasteiger partial charge >= 0.3 is 0 Å². The number of hydrogen-bond acceptors (Lipinski definition) is 6. The molecule has 37 heavy (non-hydrogen) atoms. The molecule has 4 rings (SSSR count). The molecule has 2 aromatic rings. The Morgan fingerprint density at radius 1 is 1.14 bits per heavy atom. The summed E-state index contributed by atoms with van der Waals surface area (Å²) in [5.41, 5.74) is -0.877. The van der Waals surface area contributed by atoms with Gasteiger partial charge in [-0.1, -0.05) is 13.0 Å². The lowest BCUT2D eigenvalue weighted by atomic mass is 9.96. The van der Waals surface area contributed by atoms with Crippen molar-refractivity contribution in [3.8, 4) is 0 Å². The van der Waals surface area contributed by atoms with Gasteiger partial charge in [0.15, 0.2) is 0 Å². The molecule has 2 atom stereocenters. The van der Waals surface area contributed by atoms with Crippen LogP contribution in [0, 0.1) is 15.9 Å². The van der Waals surface area contributed by atoms with Crippen LogP contribution < -0.4 is 5.32 Å². The molecular weight excluding hydrogens is 483 g/mol. The van der Waals surface area contributed by atoms with Crippen LogP contribution in [0.5, 0.6) is 0 Å². The zero-order valence-electron chi connectivity index (χ0n) is 20.7. The van der Waals surface area contributed by atoms with Gasteiger partial charge in [0.1, 0.15) is 17.6 Å². The third kappa shape index (κ3) is 5.31. The lowest BCUT2D eigenvalue weighted by molar-refractivity contribution is -0.384. The summed E-state index contributed by atoms with van der Waals surface area (Å²) < 4.78 is 19.6. The predicted molar refractivity (Wildman–Crippen MR) is 131 cm³/mol. The van der Waals surface area contributed by atoms with Gasteiger partial charge in [-0.3, -0.25) is 29.4 Å². The highest BCUT2D eigenvalue weighted by atomic mass is 19.1. The van der Waals surface area contributed by atoms with Crippen molar-refractivity contribution in [2.75, 3.05) is 19.7 Å². The highest BCUT2D eigenvalue weighted by Crippen LogP contribution is 2.39. The molecule has 2 aliphatic rings. The molecule has 0 radical (unpaired) electrons. The van der Waals surface area contributed by atoms with E-state index in [1.54, 1.807) is 4.90 Å². The average Bonchev–Trinajstić information content (AvgIpc) is 3.27. The number of benzene rings is 2. The molecule has 10 nitrogen and oxygen atoms in total. The van der Waals surface area contributed by atoms with E-state index >= 15 is 0 Å². The van der Waals surface area contributed by atoms with Crippen LogP contribution in [0.25, 0.3) is 0 Å². The molecule has 1 spiro atoms. The quantitative estimate of drug-likeness (QED) is 0.469. The maximum absolute atomic E-state index is 13.6. The van der Waals surface area contributed by atoms with Crippen molar-refractivity contribution in [1.82, 2.24) is 15.1 Å². The first-order valence-electron chi connectivity index (χ1n) is 12.2. The van der Waals surface area contributed by atoms with Gasteiger partial charge in [0, 0.05) is 55.2 Å². The third-order valence-corrected chi connectivity index (χ3v) is 7.01. The van der Waals surface area contributed by atoms with Crippen molar-refractivity contribution < 1.29 is 28.4 Å². The summed E-state index contributed by atoms with van der Waals surface area (Å²) in [6.45, 7) is 4.23. The second-order valence-electron chi connectivity index (χ2n) is 9.37. The second kappa shape index (κ2) is 10.6. The minimum atomic E-state index is -1.12. The molecule has 2 unspecified atom stereocenters. The van der Waals surface area contributed by atoms with E-state index in [1.165, 1.54) is 53.4 Å². The van der Waals surface area contributed by atoms with Gasteiger partial charge in [-0.25, -0.2) is 4.39 Å². The van der Waals surface area contributed by atoms with E-state index in [2.05, 4.69) is 5.32 Å². The van der Waals surface area contributed by atoms with Crippen molar-refractivity contribution in [2.45, 2.75) is 50.9 Å². The Kier molecular flexibility index (Phi) is 7.53. The molecule has 1 N–H and O–H groups in total. The zero-order valence-corrected chi connectivity index (χ0v) is 20.7. The first-order chi connectivity index (χ1) is 17.6. The molecular formula is C26H29FN4O6. The first-order valence-corrected chi connectivity index (χ1v) is 12.2. The Balaban J connectivity index is 1.57. The number of amides is 3. The first kappa shape index (κ1) is 26.2. The number of rotatable bonds is 6. The monoisotopic (exact) mass is 512 g/mol. The minimum absolute atomic E-state index is 0.00592. The van der Waals surface area contributed by atoms with Crippen LogP contribution in [0.4, 0.5) is 10.1 Å². The highest BCUT2D eigenvalue weighted by Gasteiger charge is 2.54. The van der Waals surface area contributed by atoms with E-state index in [0.717, 1.165) is 0 Å². The van der Waals surface area contributed by atoms with Crippen LogP contribution in [0.2, 0.25) is 0 Å². The van der Waals surface area contributed by atoms with E-state index in [-0.39, 0.29) is 67.2 Å². The van der Waals surface area contributed by atoms with Gasteiger partial charge < -0.3 is 15.0 Å². The fourth-order valence-electron chi connectivity index (χ4n) is 4.73. The number of nitro benzene ring substituents is 1. The number of non-ortho nitro benzene ring substituents is 1. The van der Waals surface area contributed by atoms with Crippen LogP contribution in [0.1, 0.15) is 53.8 Å². The summed E-state index contributed by atoms with van der Waals surface area (Å²) >= 11 is 0. The van der Waals surface area contributed by atoms with Crippen LogP contribution in [0.15, 0.2) is 48.5 Å². The van der Waals surface area contributed by atoms with Crippen LogP contribution in [-0.2, 0) is 9.53 Å². The zero-order chi connectivity index (χ0) is 26.7. The Morgan fingerprint density at radius 3 is 2.43 bits per heavy atom. The van der Waals surface area contributed by atoms with Gasteiger partial charge in [0.05, 0.1) is 11.5 Å². The van der Waals surface area contributed by atoms with Crippen LogP contribution in [-0.4, -0.2) is 69.9 Å². The number of nitro groups is 1. The van der Waals surface area contributed by atoms with Crippen LogP contribution >= 0.6 is 0 Å². The van der Waals surface area contributed by atoms with Crippen molar-refractivity contribution in [1.29, 1.82) is 0 Å². The molecule has 11 heteroatoms. The smallest absolute Gasteiger partial charge is 0.270 e. The SMILES string of the molecule is CCC(C)NC(=O)C1COC2(CCN(C(=O)c3cccc([N+](=O)[O-])c3)CC2)N1C(=O)c1ccc(F)cc1. The number of carbonyl (C=O) groups is 3. The van der Waals surface area contributed by atoms with E-state index in [0.29, 0.717) is 6.42 Å². The van der Waals surface area contributed by atoms with Gasteiger partial charge in [-0.05, 0) is 43.7 Å². The van der Waals surface area contributed by atoms with Gasteiger partial charge in [0.25, 0.3) is 17.5 Å². The lowest BCUT2D eigenvalue weighted by Gasteiger charge is -2.44. The van der Waals surface area contributed by atoms with Gasteiger partial charge in [-0.15, -0.1) is 0 Å². The summed E-state index contributed by atoms with van der Waals surface area (Å²) in [5.74, 6) is -1.64. The van der Waals surface area contributed by atoms with E-state index < -0.39 is 28.4 Å². The summed E-state index contributed by atoms with van der Waals surface area (Å²) in [5, 5.41) is 14.0. The molecule has 0 saturated carbocycles. The molecule has 2 heterocycles. The number of piperidine rings is 1. The molecule has 2 aromatic carbocycles. The average molecular weight is 513 g/mol. The number of ether oxygens (including phenoxy) is 1. The van der Waals surface area contributed by atoms with Gasteiger partial charge in [-0.2, -0.15) is 0 Å². The molecule has 0 aromatic heterocycles. The van der Waals surface area contributed by atoms with Crippen LogP contribution in [0.3, 0.4) is 0 Å². The number of carbonyl (C=O) groups excluding carboxylic acids is 3. The van der Waals surface area contributed by atoms with Crippen molar-refractivity contribution >= 4 is 23.4 Å². The number of halogens is 1. The van der Waals surface area contributed by atoms with Gasteiger partial charge in [0.2, 0.25) is 5.91 Å². The Hall–Kier alpha value is -3.86. The highest BCUT2D eigenvalue weighted by molar-refractivity contribution is 5.98. The fraction of sp³-hybridized carbons (Fsp3) is 0.423. The second-order valence-corrected chi connectivity index (χ2v) is 9.37. The summed E-state index contributed by atoms with van der Waals surface area (Å²) in [7, 11) is 0. The molecule has 0 aliphatic carbocycles. The standard InChI is InChI=1S/C26H29FN4O6/c1-3-17(2)28-23(32)22-16-37-26(30(22)25(34)18-7-9-20(27)10-8-18)11-13-29(14-12-26)24(33)19-5-4-6-21(15-19)31(35)36/h4-10,15,17,22H,3,11-14,16H2,1-2H3,(H,28,32). The van der Waals surface area contributed by atoms with E-state index in [1.807, 2.05) is 13.8 Å². The number of hydrogen-bond donors (Lipinski definition) is 1. The largest absolute Gasteiger partial charge is 0.353 e. The summed E-state index contributed by atoms with van der Waals surface area (Å²) in [6.07, 6.45) is 1.20.